The first-order chi connectivity index (χ1) is 9.26. The van der Waals surface area contributed by atoms with Crippen molar-refractivity contribution in [3.63, 3.8) is 0 Å². The van der Waals surface area contributed by atoms with E-state index in [1.807, 2.05) is 0 Å². The van der Waals surface area contributed by atoms with Crippen LogP contribution in [0.3, 0.4) is 0 Å². The maximum absolute atomic E-state index is 13.4. The van der Waals surface area contributed by atoms with Gasteiger partial charge in [-0.1, -0.05) is 42.5 Å². The number of aliphatic hydroxyl groups is 1. The summed E-state index contributed by atoms with van der Waals surface area (Å²) < 4.78 is 40.3. The highest BCUT2D eigenvalue weighted by atomic mass is 19.4. The van der Waals surface area contributed by atoms with Crippen molar-refractivity contribution in [2.24, 2.45) is 0 Å². The minimum absolute atomic E-state index is 0.225. The van der Waals surface area contributed by atoms with Crippen LogP contribution in [0.2, 0.25) is 0 Å². The summed E-state index contributed by atoms with van der Waals surface area (Å²) in [6, 6.07) is 10.8. The van der Waals surface area contributed by atoms with E-state index >= 15 is 0 Å². The van der Waals surface area contributed by atoms with Crippen LogP contribution in [0.15, 0.2) is 48.5 Å². The van der Waals surface area contributed by atoms with E-state index in [-0.39, 0.29) is 11.1 Å². The Balaban J connectivity index is 2.68. The van der Waals surface area contributed by atoms with Crippen molar-refractivity contribution in [1.29, 1.82) is 0 Å². The third kappa shape index (κ3) is 2.25. The quantitative estimate of drug-likeness (QED) is 0.829. The molecule has 2 rings (SSSR count). The summed E-state index contributed by atoms with van der Waals surface area (Å²) in [5.74, 6) is 0. The van der Waals surface area contributed by atoms with E-state index in [2.05, 4.69) is 0 Å². The number of rotatable bonds is 2. The SMILES string of the molecule is Cc1cc(C(O)(c2ccccc2)C(F)(F)F)ccc1N. The molecule has 0 amide bonds. The van der Waals surface area contributed by atoms with Crippen molar-refractivity contribution in [2.45, 2.75) is 18.7 Å². The zero-order chi connectivity index (χ0) is 15.0. The number of alkyl halides is 3. The molecule has 20 heavy (non-hydrogen) atoms. The normalized spacial score (nSPS) is 14.8. The van der Waals surface area contributed by atoms with Crippen molar-refractivity contribution in [3.8, 4) is 0 Å². The van der Waals surface area contributed by atoms with Crippen LogP contribution in [0.4, 0.5) is 18.9 Å². The standard InChI is InChI=1S/C15H14F3NO/c1-10-9-12(7-8-13(10)19)14(20,15(16,17)18)11-5-3-2-4-6-11/h2-9,20H,19H2,1H3. The Bertz CT molecular complexity index is 610. The van der Waals surface area contributed by atoms with Crippen molar-refractivity contribution in [3.05, 3.63) is 65.2 Å². The maximum Gasteiger partial charge on any atom is 0.425 e. The van der Waals surface area contributed by atoms with Gasteiger partial charge in [-0.25, -0.2) is 0 Å². The van der Waals surface area contributed by atoms with Gasteiger partial charge in [-0.3, -0.25) is 0 Å². The van der Waals surface area contributed by atoms with Gasteiger partial charge < -0.3 is 10.8 Å². The molecule has 0 radical (unpaired) electrons. The molecule has 0 aliphatic heterocycles. The molecule has 3 N–H and O–H groups in total. The van der Waals surface area contributed by atoms with Gasteiger partial charge in [-0.05, 0) is 29.7 Å². The molecule has 2 aromatic rings. The first-order valence-corrected chi connectivity index (χ1v) is 5.98. The first-order valence-electron chi connectivity index (χ1n) is 5.98. The molecule has 0 spiro atoms. The van der Waals surface area contributed by atoms with E-state index in [0.717, 1.165) is 0 Å². The number of anilines is 1. The highest BCUT2D eigenvalue weighted by molar-refractivity contribution is 5.51. The van der Waals surface area contributed by atoms with Gasteiger partial charge in [0.25, 0.3) is 0 Å². The Labute approximate surface area is 114 Å². The molecule has 0 fully saturated rings. The van der Waals surface area contributed by atoms with E-state index in [0.29, 0.717) is 11.3 Å². The topological polar surface area (TPSA) is 46.2 Å². The Morgan fingerprint density at radius 1 is 0.950 bits per heavy atom. The Morgan fingerprint density at radius 2 is 1.55 bits per heavy atom. The molecule has 2 nitrogen and oxygen atoms in total. The maximum atomic E-state index is 13.4. The molecule has 106 valence electrons. The fourth-order valence-electron chi connectivity index (χ4n) is 2.07. The van der Waals surface area contributed by atoms with Gasteiger partial charge in [0.2, 0.25) is 5.60 Å². The average Bonchev–Trinajstić information content (AvgIpc) is 2.40. The third-order valence-corrected chi connectivity index (χ3v) is 3.29. The second kappa shape index (κ2) is 4.83. The third-order valence-electron chi connectivity index (χ3n) is 3.29. The molecule has 0 saturated carbocycles. The number of hydrogen-bond acceptors (Lipinski definition) is 2. The molecule has 2 aromatic carbocycles. The van der Waals surface area contributed by atoms with E-state index in [1.54, 1.807) is 13.0 Å². The van der Waals surface area contributed by atoms with Crippen LogP contribution in [0.1, 0.15) is 16.7 Å². The molecule has 1 unspecified atom stereocenters. The summed E-state index contributed by atoms with van der Waals surface area (Å²) in [7, 11) is 0. The zero-order valence-electron chi connectivity index (χ0n) is 10.8. The van der Waals surface area contributed by atoms with Gasteiger partial charge in [0.05, 0.1) is 0 Å². The molecule has 0 aliphatic rings. The van der Waals surface area contributed by atoms with E-state index in [1.165, 1.54) is 42.5 Å². The molecule has 0 aromatic heterocycles. The van der Waals surface area contributed by atoms with Gasteiger partial charge in [0, 0.05) is 5.69 Å². The molecular weight excluding hydrogens is 267 g/mol. The molecule has 0 bridgehead atoms. The van der Waals surface area contributed by atoms with Crippen molar-refractivity contribution in [1.82, 2.24) is 0 Å². The van der Waals surface area contributed by atoms with Crippen LogP contribution in [-0.4, -0.2) is 11.3 Å². The van der Waals surface area contributed by atoms with Crippen LogP contribution >= 0.6 is 0 Å². The predicted octanol–water partition coefficient (Wildman–Crippen LogP) is 3.38. The number of nitrogen functional groups attached to an aromatic ring is 1. The summed E-state index contributed by atoms with van der Waals surface area (Å²) in [6.45, 7) is 1.60. The van der Waals surface area contributed by atoms with Gasteiger partial charge in [-0.15, -0.1) is 0 Å². The lowest BCUT2D eigenvalue weighted by atomic mass is 9.85. The highest BCUT2D eigenvalue weighted by Crippen LogP contribution is 2.44. The number of hydrogen-bond donors (Lipinski definition) is 2. The predicted molar refractivity (Wildman–Crippen MR) is 71.1 cm³/mol. The number of aryl methyl sites for hydroxylation is 1. The molecule has 0 heterocycles. The lowest BCUT2D eigenvalue weighted by Gasteiger charge is -2.31. The monoisotopic (exact) mass is 281 g/mol. The van der Waals surface area contributed by atoms with Crippen LogP contribution in [0.25, 0.3) is 0 Å². The smallest absolute Gasteiger partial charge is 0.399 e. The van der Waals surface area contributed by atoms with Gasteiger partial charge in [0.15, 0.2) is 0 Å². The first kappa shape index (κ1) is 14.4. The largest absolute Gasteiger partial charge is 0.425 e. The second-order valence-electron chi connectivity index (χ2n) is 4.65. The minimum atomic E-state index is -4.84. The minimum Gasteiger partial charge on any atom is -0.399 e. The molecular formula is C15H14F3NO. The van der Waals surface area contributed by atoms with Gasteiger partial charge >= 0.3 is 6.18 Å². The summed E-state index contributed by atoms with van der Waals surface area (Å²) in [5, 5.41) is 10.3. The molecule has 5 heteroatoms. The lowest BCUT2D eigenvalue weighted by molar-refractivity contribution is -0.248. The van der Waals surface area contributed by atoms with Crippen LogP contribution < -0.4 is 5.73 Å². The van der Waals surface area contributed by atoms with Crippen LogP contribution in [0, 0.1) is 6.92 Å². The summed E-state index contributed by atoms with van der Waals surface area (Å²) in [6.07, 6.45) is -4.84. The molecule has 0 aliphatic carbocycles. The van der Waals surface area contributed by atoms with Crippen molar-refractivity contribution < 1.29 is 18.3 Å². The number of benzene rings is 2. The number of nitrogens with two attached hydrogens (primary N) is 1. The van der Waals surface area contributed by atoms with E-state index in [9.17, 15) is 18.3 Å². The van der Waals surface area contributed by atoms with Crippen molar-refractivity contribution >= 4 is 5.69 Å². The Kier molecular flexibility index (Phi) is 3.48. The fourth-order valence-corrected chi connectivity index (χ4v) is 2.07. The Hall–Kier alpha value is -2.01. The van der Waals surface area contributed by atoms with E-state index < -0.39 is 11.8 Å². The molecule has 1 atom stereocenters. The highest BCUT2D eigenvalue weighted by Gasteiger charge is 2.56. The van der Waals surface area contributed by atoms with Gasteiger partial charge in [-0.2, -0.15) is 13.2 Å². The summed E-state index contributed by atoms with van der Waals surface area (Å²) in [5.41, 5.74) is 2.96. The van der Waals surface area contributed by atoms with Crippen molar-refractivity contribution in [2.75, 3.05) is 5.73 Å². The lowest BCUT2D eigenvalue weighted by Crippen LogP contribution is -2.43. The Morgan fingerprint density at radius 3 is 2.05 bits per heavy atom. The zero-order valence-corrected chi connectivity index (χ0v) is 10.8. The fraction of sp³-hybridized carbons (Fsp3) is 0.200. The van der Waals surface area contributed by atoms with Crippen LogP contribution in [0.5, 0.6) is 0 Å². The second-order valence-corrected chi connectivity index (χ2v) is 4.65. The van der Waals surface area contributed by atoms with Gasteiger partial charge in [0.1, 0.15) is 0 Å². The number of halogens is 3. The molecule has 0 saturated heterocycles. The van der Waals surface area contributed by atoms with Crippen LogP contribution in [-0.2, 0) is 5.60 Å². The summed E-state index contributed by atoms with van der Waals surface area (Å²) in [4.78, 5) is 0. The summed E-state index contributed by atoms with van der Waals surface area (Å²) >= 11 is 0. The van der Waals surface area contributed by atoms with E-state index in [4.69, 9.17) is 5.73 Å². The average molecular weight is 281 g/mol.